The van der Waals surface area contributed by atoms with Crippen molar-refractivity contribution in [1.82, 2.24) is 0 Å². The molecule has 0 aliphatic rings. The van der Waals surface area contributed by atoms with Gasteiger partial charge in [-0.25, -0.2) is 0 Å². The molecule has 0 saturated carbocycles. The van der Waals surface area contributed by atoms with Crippen molar-refractivity contribution in [3.8, 4) is 20.0 Å². The molecular formula is C16H12Se. The summed E-state index contributed by atoms with van der Waals surface area (Å²) < 4.78 is 2.94. The molecule has 3 rings (SSSR count). The van der Waals surface area contributed by atoms with Crippen molar-refractivity contribution in [3.63, 3.8) is 0 Å². The molecule has 0 amide bonds. The van der Waals surface area contributed by atoms with Gasteiger partial charge in [-0.05, 0) is 0 Å². The number of rotatable bonds is 2. The molecule has 0 spiro atoms. The van der Waals surface area contributed by atoms with Crippen LogP contribution in [0, 0.1) is 0 Å². The quantitative estimate of drug-likeness (QED) is 0.622. The fraction of sp³-hybridized carbons (Fsp3) is 0. The molecule has 2 aromatic carbocycles. The van der Waals surface area contributed by atoms with E-state index in [0.717, 1.165) is 0 Å². The fourth-order valence-corrected chi connectivity index (χ4v) is 3.99. The normalized spacial score (nSPS) is 10.4. The van der Waals surface area contributed by atoms with Gasteiger partial charge >= 0.3 is 107 Å². The van der Waals surface area contributed by atoms with Gasteiger partial charge in [-0.15, -0.1) is 0 Å². The Hall–Kier alpha value is -1.56. The van der Waals surface area contributed by atoms with Crippen molar-refractivity contribution >= 4 is 14.5 Å². The Morgan fingerprint density at radius 2 is 0.882 bits per heavy atom. The fourth-order valence-electron chi connectivity index (χ4n) is 1.85. The maximum atomic E-state index is 2.26. The second kappa shape index (κ2) is 4.75. The minimum atomic E-state index is 0.433. The summed E-state index contributed by atoms with van der Waals surface area (Å²) in [6.07, 6.45) is 0. The summed E-state index contributed by atoms with van der Waals surface area (Å²) in [6.45, 7) is 0. The first kappa shape index (κ1) is 10.6. The van der Waals surface area contributed by atoms with Crippen molar-refractivity contribution < 1.29 is 0 Å². The van der Waals surface area contributed by atoms with Gasteiger partial charge in [0.25, 0.3) is 0 Å². The number of hydrogen-bond acceptors (Lipinski definition) is 0. The maximum absolute atomic E-state index is 2.26. The first-order valence-electron chi connectivity index (χ1n) is 5.64. The SMILES string of the molecule is c1ccc(-c2ccc(-c3ccccc3)[se]2)cc1. The molecular weight excluding hydrogens is 271 g/mol. The van der Waals surface area contributed by atoms with Crippen LogP contribution in [0.3, 0.4) is 0 Å². The Morgan fingerprint density at radius 3 is 1.29 bits per heavy atom. The van der Waals surface area contributed by atoms with E-state index in [1.807, 2.05) is 0 Å². The van der Waals surface area contributed by atoms with Crippen LogP contribution in [0.25, 0.3) is 20.0 Å². The van der Waals surface area contributed by atoms with Crippen molar-refractivity contribution in [2.24, 2.45) is 0 Å². The Kier molecular flexibility index (Phi) is 2.96. The van der Waals surface area contributed by atoms with Crippen molar-refractivity contribution in [2.45, 2.75) is 0 Å². The summed E-state index contributed by atoms with van der Waals surface area (Å²) in [5.41, 5.74) is 2.71. The van der Waals surface area contributed by atoms with Gasteiger partial charge in [0.2, 0.25) is 0 Å². The molecule has 1 aromatic heterocycles. The second-order valence-corrected chi connectivity index (χ2v) is 6.17. The Labute approximate surface area is 107 Å². The van der Waals surface area contributed by atoms with Crippen LogP contribution in [-0.2, 0) is 0 Å². The molecule has 1 heterocycles. The van der Waals surface area contributed by atoms with Crippen molar-refractivity contribution in [2.75, 3.05) is 0 Å². The number of benzene rings is 2. The molecule has 0 radical (unpaired) electrons. The predicted octanol–water partition coefficient (Wildman–Crippen LogP) is 4.08. The van der Waals surface area contributed by atoms with Crippen molar-refractivity contribution in [3.05, 3.63) is 72.8 Å². The molecule has 0 fully saturated rings. The van der Waals surface area contributed by atoms with Gasteiger partial charge in [0.15, 0.2) is 0 Å². The third-order valence-corrected chi connectivity index (χ3v) is 5.21. The molecule has 0 atom stereocenters. The van der Waals surface area contributed by atoms with Crippen molar-refractivity contribution in [1.29, 1.82) is 0 Å². The van der Waals surface area contributed by atoms with Gasteiger partial charge in [-0.3, -0.25) is 0 Å². The van der Waals surface area contributed by atoms with Gasteiger partial charge in [0, 0.05) is 0 Å². The Bertz CT molecular complexity index is 540. The molecule has 0 bridgehead atoms. The van der Waals surface area contributed by atoms with E-state index in [9.17, 15) is 0 Å². The Morgan fingerprint density at radius 1 is 0.471 bits per heavy atom. The zero-order chi connectivity index (χ0) is 11.5. The zero-order valence-electron chi connectivity index (χ0n) is 9.34. The van der Waals surface area contributed by atoms with E-state index in [-0.39, 0.29) is 0 Å². The van der Waals surface area contributed by atoms with Crippen LogP contribution >= 0.6 is 0 Å². The standard InChI is InChI=1S/C16H12Se/c1-3-7-13(8-4-1)15-11-12-16(17-15)14-9-5-2-6-10-14/h1-12H. The first-order chi connectivity index (χ1) is 8.43. The molecule has 0 aliphatic carbocycles. The van der Waals surface area contributed by atoms with Gasteiger partial charge < -0.3 is 0 Å². The molecule has 17 heavy (non-hydrogen) atoms. The molecule has 0 saturated heterocycles. The van der Waals surface area contributed by atoms with Gasteiger partial charge in [-0.2, -0.15) is 0 Å². The van der Waals surface area contributed by atoms with E-state index < -0.39 is 0 Å². The van der Waals surface area contributed by atoms with Crippen LogP contribution in [0.4, 0.5) is 0 Å². The number of hydrogen-bond donors (Lipinski definition) is 0. The minimum absolute atomic E-state index is 0.433. The molecule has 82 valence electrons. The summed E-state index contributed by atoms with van der Waals surface area (Å²) in [7, 11) is 0. The third kappa shape index (κ3) is 2.26. The molecule has 0 nitrogen and oxygen atoms in total. The third-order valence-electron chi connectivity index (χ3n) is 2.72. The van der Waals surface area contributed by atoms with Gasteiger partial charge in [0.05, 0.1) is 0 Å². The van der Waals surface area contributed by atoms with Crippen LogP contribution in [-0.4, -0.2) is 14.5 Å². The van der Waals surface area contributed by atoms with Crippen LogP contribution in [0.15, 0.2) is 72.8 Å². The first-order valence-corrected chi connectivity index (χ1v) is 7.35. The van der Waals surface area contributed by atoms with E-state index >= 15 is 0 Å². The van der Waals surface area contributed by atoms with Crippen LogP contribution in [0.1, 0.15) is 0 Å². The molecule has 0 N–H and O–H groups in total. The summed E-state index contributed by atoms with van der Waals surface area (Å²) >= 11 is 0.433. The van der Waals surface area contributed by atoms with E-state index in [4.69, 9.17) is 0 Å². The predicted molar refractivity (Wildman–Crippen MR) is 74.3 cm³/mol. The van der Waals surface area contributed by atoms with Gasteiger partial charge in [-0.1, -0.05) is 0 Å². The summed E-state index contributed by atoms with van der Waals surface area (Å²) in [5.74, 6) is 0. The van der Waals surface area contributed by atoms with Crippen LogP contribution in [0.5, 0.6) is 0 Å². The summed E-state index contributed by atoms with van der Waals surface area (Å²) in [6, 6.07) is 25.8. The van der Waals surface area contributed by atoms with Crippen LogP contribution < -0.4 is 0 Å². The average Bonchev–Trinajstić information content (AvgIpc) is 2.90. The van der Waals surface area contributed by atoms with E-state index in [1.165, 1.54) is 20.0 Å². The summed E-state index contributed by atoms with van der Waals surface area (Å²) in [4.78, 5) is 0. The molecule has 3 aromatic rings. The second-order valence-electron chi connectivity index (χ2n) is 3.90. The average molecular weight is 283 g/mol. The van der Waals surface area contributed by atoms with Crippen LogP contribution in [0.2, 0.25) is 0 Å². The Balaban J connectivity index is 1.99. The summed E-state index contributed by atoms with van der Waals surface area (Å²) in [5, 5.41) is 0. The monoisotopic (exact) mass is 284 g/mol. The molecule has 1 heteroatoms. The zero-order valence-corrected chi connectivity index (χ0v) is 11.0. The van der Waals surface area contributed by atoms with E-state index in [2.05, 4.69) is 72.8 Å². The molecule has 0 aliphatic heterocycles. The van der Waals surface area contributed by atoms with Gasteiger partial charge in [0.1, 0.15) is 0 Å². The topological polar surface area (TPSA) is 0 Å². The van der Waals surface area contributed by atoms with E-state index in [1.54, 1.807) is 0 Å². The van der Waals surface area contributed by atoms with E-state index in [0.29, 0.717) is 14.5 Å². The molecule has 0 unspecified atom stereocenters.